The minimum absolute atomic E-state index is 0.375. The number of thiazole rings is 1. The van der Waals surface area contributed by atoms with Crippen molar-refractivity contribution in [2.45, 2.75) is 39.3 Å². The molecule has 5 heteroatoms. The summed E-state index contributed by atoms with van der Waals surface area (Å²) in [6.45, 7) is 6.27. The maximum Gasteiger partial charge on any atom is 0.184 e. The first kappa shape index (κ1) is 14.6. The van der Waals surface area contributed by atoms with E-state index in [-0.39, 0.29) is 0 Å². The summed E-state index contributed by atoms with van der Waals surface area (Å²) in [7, 11) is 3.93. The molecule has 3 rings (SSSR count). The fourth-order valence-corrected chi connectivity index (χ4v) is 4.01. The Balaban J connectivity index is 1.98. The van der Waals surface area contributed by atoms with Crippen LogP contribution in [-0.2, 0) is 18.3 Å². The van der Waals surface area contributed by atoms with Crippen LogP contribution in [0.5, 0.6) is 0 Å². The van der Waals surface area contributed by atoms with Crippen molar-refractivity contribution in [3.8, 4) is 11.3 Å². The van der Waals surface area contributed by atoms with E-state index in [2.05, 4.69) is 46.5 Å². The summed E-state index contributed by atoms with van der Waals surface area (Å²) in [5.74, 6) is 0. The van der Waals surface area contributed by atoms with Crippen molar-refractivity contribution >= 4 is 11.3 Å². The molecule has 2 aromatic heterocycles. The summed E-state index contributed by atoms with van der Waals surface area (Å²) in [6, 6.07) is 2.28. The van der Waals surface area contributed by atoms with Gasteiger partial charge in [0.1, 0.15) is 0 Å². The summed E-state index contributed by atoms with van der Waals surface area (Å²) < 4.78 is 10.4. The van der Waals surface area contributed by atoms with Crippen LogP contribution in [0.3, 0.4) is 0 Å². The van der Waals surface area contributed by atoms with E-state index < -0.39 is 0 Å². The van der Waals surface area contributed by atoms with Crippen LogP contribution in [0.25, 0.3) is 11.3 Å². The average molecular weight is 305 g/mol. The molecule has 0 radical (unpaired) electrons. The SMILES string of the molecule is CN=c1scc(-c2cc(C)n(CC3CCCO3)c2C)n1C. The molecule has 0 bridgehead atoms. The van der Waals surface area contributed by atoms with E-state index >= 15 is 0 Å². The molecule has 3 heterocycles. The number of nitrogens with zero attached hydrogens (tertiary/aromatic N) is 3. The van der Waals surface area contributed by atoms with Gasteiger partial charge in [-0.15, -0.1) is 11.3 Å². The highest BCUT2D eigenvalue weighted by molar-refractivity contribution is 7.07. The molecule has 114 valence electrons. The van der Waals surface area contributed by atoms with E-state index in [0.29, 0.717) is 6.10 Å². The summed E-state index contributed by atoms with van der Waals surface area (Å²) >= 11 is 1.69. The molecular weight excluding hydrogens is 282 g/mol. The van der Waals surface area contributed by atoms with Crippen molar-refractivity contribution in [3.63, 3.8) is 0 Å². The lowest BCUT2D eigenvalue weighted by atomic mass is 10.2. The molecule has 0 saturated carbocycles. The van der Waals surface area contributed by atoms with Gasteiger partial charge in [0.15, 0.2) is 4.80 Å². The maximum atomic E-state index is 5.79. The van der Waals surface area contributed by atoms with Gasteiger partial charge in [-0.1, -0.05) is 0 Å². The third-order valence-corrected chi connectivity index (χ3v) is 5.38. The fraction of sp³-hybridized carbons (Fsp3) is 0.562. The van der Waals surface area contributed by atoms with Crippen LogP contribution in [0.15, 0.2) is 16.4 Å². The fourth-order valence-electron chi connectivity index (χ4n) is 3.15. The van der Waals surface area contributed by atoms with Crippen LogP contribution in [0.2, 0.25) is 0 Å². The predicted octanol–water partition coefficient (Wildman–Crippen LogP) is 2.88. The molecule has 0 amide bonds. The molecule has 1 atom stereocenters. The molecule has 21 heavy (non-hydrogen) atoms. The highest BCUT2D eigenvalue weighted by Crippen LogP contribution is 2.28. The van der Waals surface area contributed by atoms with Gasteiger partial charge in [-0.05, 0) is 32.8 Å². The Kier molecular flexibility index (Phi) is 4.04. The minimum atomic E-state index is 0.375. The van der Waals surface area contributed by atoms with Crippen molar-refractivity contribution in [1.29, 1.82) is 0 Å². The lowest BCUT2D eigenvalue weighted by Crippen LogP contribution is -2.17. The highest BCUT2D eigenvalue weighted by atomic mass is 32.1. The van der Waals surface area contributed by atoms with Gasteiger partial charge in [0.25, 0.3) is 0 Å². The molecule has 1 aliphatic rings. The summed E-state index contributed by atoms with van der Waals surface area (Å²) in [4.78, 5) is 5.36. The van der Waals surface area contributed by atoms with Gasteiger partial charge in [-0.2, -0.15) is 0 Å². The van der Waals surface area contributed by atoms with Crippen LogP contribution >= 0.6 is 11.3 Å². The Morgan fingerprint density at radius 2 is 2.24 bits per heavy atom. The predicted molar refractivity (Wildman–Crippen MR) is 86.7 cm³/mol. The average Bonchev–Trinajstić information content (AvgIpc) is 3.16. The van der Waals surface area contributed by atoms with Crippen LogP contribution in [-0.4, -0.2) is 28.9 Å². The smallest absolute Gasteiger partial charge is 0.184 e. The lowest BCUT2D eigenvalue weighted by molar-refractivity contribution is 0.0962. The first-order chi connectivity index (χ1) is 10.1. The minimum Gasteiger partial charge on any atom is -0.376 e. The van der Waals surface area contributed by atoms with Gasteiger partial charge in [-0.3, -0.25) is 4.99 Å². The first-order valence-electron chi connectivity index (χ1n) is 7.48. The molecule has 0 N–H and O–H groups in total. The van der Waals surface area contributed by atoms with Gasteiger partial charge in [0.2, 0.25) is 0 Å². The third-order valence-electron chi connectivity index (χ3n) is 4.38. The topological polar surface area (TPSA) is 31.4 Å². The number of rotatable bonds is 3. The molecule has 4 nitrogen and oxygen atoms in total. The van der Waals surface area contributed by atoms with E-state index in [1.165, 1.54) is 35.5 Å². The molecule has 2 aromatic rings. The Morgan fingerprint density at radius 3 is 2.86 bits per heavy atom. The number of aryl methyl sites for hydroxylation is 1. The normalized spacial score (nSPS) is 19.6. The molecule has 1 aliphatic heterocycles. The van der Waals surface area contributed by atoms with Gasteiger partial charge < -0.3 is 13.9 Å². The first-order valence-corrected chi connectivity index (χ1v) is 8.36. The Bertz CT molecular complexity index is 702. The molecule has 0 aromatic carbocycles. The Hall–Kier alpha value is -1.33. The second-order valence-corrected chi connectivity index (χ2v) is 6.55. The van der Waals surface area contributed by atoms with Crippen molar-refractivity contribution in [3.05, 3.63) is 27.6 Å². The van der Waals surface area contributed by atoms with Gasteiger partial charge in [-0.25, -0.2) is 0 Å². The second kappa shape index (κ2) is 5.81. The van der Waals surface area contributed by atoms with Crippen molar-refractivity contribution in [2.24, 2.45) is 12.0 Å². The van der Waals surface area contributed by atoms with Gasteiger partial charge in [0.05, 0.1) is 11.8 Å². The largest absolute Gasteiger partial charge is 0.376 e. The van der Waals surface area contributed by atoms with Crippen molar-refractivity contribution in [1.82, 2.24) is 9.13 Å². The highest BCUT2D eigenvalue weighted by Gasteiger charge is 2.20. The third kappa shape index (κ3) is 2.60. The zero-order valence-corrected chi connectivity index (χ0v) is 14.0. The standard InChI is InChI=1S/C16H23N3OS/c1-11-8-14(15-10-21-16(17-3)18(15)4)12(2)19(11)9-13-6-5-7-20-13/h8,10,13H,5-7,9H2,1-4H3. The zero-order chi connectivity index (χ0) is 15.0. The van der Waals surface area contributed by atoms with Gasteiger partial charge in [0, 0.05) is 49.6 Å². The van der Waals surface area contributed by atoms with Crippen molar-refractivity contribution < 1.29 is 4.74 Å². The lowest BCUT2D eigenvalue weighted by Gasteiger charge is -2.15. The van der Waals surface area contributed by atoms with E-state index in [1.54, 1.807) is 11.3 Å². The summed E-state index contributed by atoms with van der Waals surface area (Å²) in [5, 5.41) is 2.19. The molecular formula is C16H23N3OS. The maximum absolute atomic E-state index is 5.79. The Labute approximate surface area is 129 Å². The number of ether oxygens (including phenoxy) is 1. The number of hydrogen-bond acceptors (Lipinski definition) is 3. The van der Waals surface area contributed by atoms with Crippen LogP contribution in [0, 0.1) is 13.8 Å². The number of aromatic nitrogens is 2. The summed E-state index contributed by atoms with van der Waals surface area (Å²) in [6.07, 6.45) is 2.75. The zero-order valence-electron chi connectivity index (χ0n) is 13.2. The van der Waals surface area contributed by atoms with Crippen LogP contribution < -0.4 is 4.80 Å². The van der Waals surface area contributed by atoms with Crippen molar-refractivity contribution in [2.75, 3.05) is 13.7 Å². The van der Waals surface area contributed by atoms with Crippen LogP contribution in [0.4, 0.5) is 0 Å². The molecule has 0 spiro atoms. The number of hydrogen-bond donors (Lipinski definition) is 0. The molecule has 0 aliphatic carbocycles. The van der Waals surface area contributed by atoms with Gasteiger partial charge >= 0.3 is 0 Å². The molecule has 1 unspecified atom stereocenters. The summed E-state index contributed by atoms with van der Waals surface area (Å²) in [5.41, 5.74) is 5.17. The molecule has 1 saturated heterocycles. The van der Waals surface area contributed by atoms with E-state index in [9.17, 15) is 0 Å². The molecule has 1 fully saturated rings. The quantitative estimate of drug-likeness (QED) is 0.858. The van der Waals surface area contributed by atoms with E-state index in [1.807, 2.05) is 7.05 Å². The monoisotopic (exact) mass is 305 g/mol. The van der Waals surface area contributed by atoms with E-state index in [4.69, 9.17) is 4.74 Å². The Morgan fingerprint density at radius 1 is 1.43 bits per heavy atom. The second-order valence-electron chi connectivity index (χ2n) is 5.72. The van der Waals surface area contributed by atoms with E-state index in [0.717, 1.165) is 18.0 Å². The van der Waals surface area contributed by atoms with Crippen LogP contribution in [0.1, 0.15) is 24.2 Å².